The van der Waals surface area contributed by atoms with E-state index in [0.717, 1.165) is 13.1 Å². The van der Waals surface area contributed by atoms with Crippen LogP contribution in [0.3, 0.4) is 0 Å². The third-order valence-electron chi connectivity index (χ3n) is 2.81. The van der Waals surface area contributed by atoms with Crippen molar-refractivity contribution >= 4 is 5.78 Å². The first kappa shape index (κ1) is 11.7. The molecule has 0 N–H and O–H groups in total. The highest BCUT2D eigenvalue weighted by Gasteiger charge is 2.28. The highest BCUT2D eigenvalue weighted by Crippen LogP contribution is 2.14. The number of carbonyl (C=O) groups excluding carboxylic acids is 1. The predicted molar refractivity (Wildman–Crippen MR) is 56.3 cm³/mol. The highest BCUT2D eigenvalue weighted by molar-refractivity contribution is 5.83. The van der Waals surface area contributed by atoms with Crippen LogP contribution in [0.25, 0.3) is 0 Å². The molecular weight excluding hydrogens is 178 g/mol. The maximum absolute atomic E-state index is 11.5. The molecule has 0 radical (unpaired) electrons. The van der Waals surface area contributed by atoms with Gasteiger partial charge in [0.05, 0.1) is 18.2 Å². The standard InChI is InChI=1S/C11H21NO2/c1-5-11(13)10(4)12-6-8(2)14-9(3)7-12/h8-10H,5-7H2,1-4H3. The summed E-state index contributed by atoms with van der Waals surface area (Å²) < 4.78 is 5.63. The number of nitrogens with zero attached hydrogens (tertiary/aromatic N) is 1. The van der Waals surface area contributed by atoms with E-state index in [-0.39, 0.29) is 18.2 Å². The summed E-state index contributed by atoms with van der Waals surface area (Å²) in [6, 6.07) is 0.0498. The van der Waals surface area contributed by atoms with E-state index in [0.29, 0.717) is 12.2 Å². The number of hydrogen-bond donors (Lipinski definition) is 0. The Bertz CT molecular complexity index is 195. The molecule has 0 saturated carbocycles. The van der Waals surface area contributed by atoms with Crippen molar-refractivity contribution in [2.75, 3.05) is 13.1 Å². The first-order chi connectivity index (χ1) is 6.54. The lowest BCUT2D eigenvalue weighted by atomic mass is 10.1. The molecule has 0 spiro atoms. The second-order valence-electron chi connectivity index (χ2n) is 4.21. The smallest absolute Gasteiger partial charge is 0.149 e. The van der Waals surface area contributed by atoms with Gasteiger partial charge in [-0.05, 0) is 20.8 Å². The summed E-state index contributed by atoms with van der Waals surface area (Å²) in [5.41, 5.74) is 0. The van der Waals surface area contributed by atoms with Crippen molar-refractivity contribution in [1.29, 1.82) is 0 Å². The maximum Gasteiger partial charge on any atom is 0.149 e. The third-order valence-corrected chi connectivity index (χ3v) is 2.81. The maximum atomic E-state index is 11.5. The second kappa shape index (κ2) is 4.89. The van der Waals surface area contributed by atoms with Gasteiger partial charge in [0, 0.05) is 19.5 Å². The number of carbonyl (C=O) groups is 1. The van der Waals surface area contributed by atoms with Gasteiger partial charge in [0.25, 0.3) is 0 Å². The van der Waals surface area contributed by atoms with Crippen LogP contribution in [-0.4, -0.2) is 42.0 Å². The Morgan fingerprint density at radius 2 is 1.93 bits per heavy atom. The molecule has 1 heterocycles. The van der Waals surface area contributed by atoms with E-state index in [1.807, 2.05) is 13.8 Å². The SMILES string of the molecule is CCC(=O)C(C)N1CC(C)OC(C)C1. The van der Waals surface area contributed by atoms with Crippen molar-refractivity contribution in [3.8, 4) is 0 Å². The van der Waals surface area contributed by atoms with E-state index in [2.05, 4.69) is 18.7 Å². The summed E-state index contributed by atoms with van der Waals surface area (Å²) in [7, 11) is 0. The monoisotopic (exact) mass is 199 g/mol. The lowest BCUT2D eigenvalue weighted by Gasteiger charge is -2.38. The van der Waals surface area contributed by atoms with E-state index in [9.17, 15) is 4.79 Å². The molecule has 3 heteroatoms. The Morgan fingerprint density at radius 1 is 1.43 bits per heavy atom. The van der Waals surface area contributed by atoms with Gasteiger partial charge >= 0.3 is 0 Å². The molecule has 0 aromatic carbocycles. The highest BCUT2D eigenvalue weighted by atomic mass is 16.5. The van der Waals surface area contributed by atoms with Gasteiger partial charge in [-0.1, -0.05) is 6.92 Å². The minimum absolute atomic E-state index is 0.0498. The summed E-state index contributed by atoms with van der Waals surface area (Å²) in [4.78, 5) is 13.8. The Kier molecular flexibility index (Phi) is 4.08. The van der Waals surface area contributed by atoms with Gasteiger partial charge in [-0.3, -0.25) is 9.69 Å². The van der Waals surface area contributed by atoms with Gasteiger partial charge in [0.1, 0.15) is 5.78 Å². The molecule has 1 fully saturated rings. The fraction of sp³-hybridized carbons (Fsp3) is 0.909. The molecule has 1 aliphatic rings. The van der Waals surface area contributed by atoms with Crippen LogP contribution in [0.2, 0.25) is 0 Å². The molecule has 1 aliphatic heterocycles. The largest absolute Gasteiger partial charge is 0.373 e. The molecule has 14 heavy (non-hydrogen) atoms. The third kappa shape index (κ3) is 2.79. The quantitative estimate of drug-likeness (QED) is 0.689. The van der Waals surface area contributed by atoms with E-state index < -0.39 is 0 Å². The van der Waals surface area contributed by atoms with Crippen LogP contribution < -0.4 is 0 Å². The fourth-order valence-corrected chi connectivity index (χ4v) is 2.03. The first-order valence-electron chi connectivity index (χ1n) is 5.46. The fourth-order valence-electron chi connectivity index (χ4n) is 2.03. The molecule has 1 rings (SSSR count). The zero-order valence-corrected chi connectivity index (χ0v) is 9.62. The number of ketones is 1. The van der Waals surface area contributed by atoms with Crippen molar-refractivity contribution in [1.82, 2.24) is 4.90 Å². The number of ether oxygens (including phenoxy) is 1. The van der Waals surface area contributed by atoms with Gasteiger partial charge in [-0.2, -0.15) is 0 Å². The normalized spacial score (nSPS) is 31.4. The Hall–Kier alpha value is -0.410. The van der Waals surface area contributed by atoms with Crippen LogP contribution in [0.15, 0.2) is 0 Å². The number of hydrogen-bond acceptors (Lipinski definition) is 3. The van der Waals surface area contributed by atoms with E-state index in [1.165, 1.54) is 0 Å². The van der Waals surface area contributed by atoms with Crippen LogP contribution in [0.1, 0.15) is 34.1 Å². The van der Waals surface area contributed by atoms with Gasteiger partial charge < -0.3 is 4.74 Å². The van der Waals surface area contributed by atoms with Crippen LogP contribution in [-0.2, 0) is 9.53 Å². The van der Waals surface area contributed by atoms with Crippen LogP contribution >= 0.6 is 0 Å². The molecule has 3 unspecified atom stereocenters. The molecule has 82 valence electrons. The zero-order valence-electron chi connectivity index (χ0n) is 9.62. The molecule has 0 aromatic rings. The van der Waals surface area contributed by atoms with Crippen molar-refractivity contribution in [2.45, 2.75) is 52.4 Å². The lowest BCUT2D eigenvalue weighted by molar-refractivity contribution is -0.129. The summed E-state index contributed by atoms with van der Waals surface area (Å²) in [5, 5.41) is 0. The molecular formula is C11H21NO2. The van der Waals surface area contributed by atoms with Gasteiger partial charge in [0.15, 0.2) is 0 Å². The van der Waals surface area contributed by atoms with Crippen LogP contribution in [0, 0.1) is 0 Å². The van der Waals surface area contributed by atoms with Crippen molar-refractivity contribution < 1.29 is 9.53 Å². The molecule has 3 nitrogen and oxygen atoms in total. The Balaban J connectivity index is 2.54. The summed E-state index contributed by atoms with van der Waals surface area (Å²) in [6.45, 7) is 9.79. The molecule has 0 aromatic heterocycles. The van der Waals surface area contributed by atoms with Gasteiger partial charge in [-0.25, -0.2) is 0 Å². The van der Waals surface area contributed by atoms with Crippen molar-refractivity contribution in [3.05, 3.63) is 0 Å². The van der Waals surface area contributed by atoms with Crippen molar-refractivity contribution in [2.24, 2.45) is 0 Å². The van der Waals surface area contributed by atoms with E-state index >= 15 is 0 Å². The van der Waals surface area contributed by atoms with Gasteiger partial charge in [-0.15, -0.1) is 0 Å². The van der Waals surface area contributed by atoms with E-state index in [1.54, 1.807) is 0 Å². The van der Waals surface area contributed by atoms with Gasteiger partial charge in [0.2, 0.25) is 0 Å². The topological polar surface area (TPSA) is 29.5 Å². The second-order valence-corrected chi connectivity index (χ2v) is 4.21. The Morgan fingerprint density at radius 3 is 2.36 bits per heavy atom. The number of Topliss-reactive ketones (excluding diaryl/α,β-unsaturated/α-hetero) is 1. The lowest BCUT2D eigenvalue weighted by Crippen LogP contribution is -2.51. The summed E-state index contributed by atoms with van der Waals surface area (Å²) >= 11 is 0. The minimum atomic E-state index is 0.0498. The molecule has 0 aliphatic carbocycles. The minimum Gasteiger partial charge on any atom is -0.373 e. The van der Waals surface area contributed by atoms with Crippen molar-refractivity contribution in [3.63, 3.8) is 0 Å². The average Bonchev–Trinajstić information content (AvgIpc) is 2.14. The zero-order chi connectivity index (χ0) is 10.7. The molecule has 0 bridgehead atoms. The van der Waals surface area contributed by atoms with E-state index in [4.69, 9.17) is 4.74 Å². The summed E-state index contributed by atoms with van der Waals surface area (Å²) in [6.07, 6.45) is 1.11. The van der Waals surface area contributed by atoms with Crippen LogP contribution in [0.4, 0.5) is 0 Å². The number of morpholine rings is 1. The Labute approximate surface area is 86.4 Å². The summed E-state index contributed by atoms with van der Waals surface area (Å²) in [5.74, 6) is 0.325. The predicted octanol–water partition coefficient (Wildman–Crippen LogP) is 1.46. The first-order valence-corrected chi connectivity index (χ1v) is 5.46. The molecule has 1 saturated heterocycles. The number of rotatable bonds is 3. The molecule has 0 amide bonds. The van der Waals surface area contributed by atoms with Crippen LogP contribution in [0.5, 0.6) is 0 Å². The average molecular weight is 199 g/mol. The molecule has 3 atom stereocenters.